The van der Waals surface area contributed by atoms with Crippen LogP contribution >= 0.6 is 11.6 Å². The van der Waals surface area contributed by atoms with Crippen LogP contribution in [-0.2, 0) is 9.53 Å². The zero-order valence-corrected chi connectivity index (χ0v) is 18.2. The van der Waals surface area contributed by atoms with Crippen molar-refractivity contribution >= 4 is 29.1 Å². The Morgan fingerprint density at radius 1 is 1.30 bits per heavy atom. The lowest BCUT2D eigenvalue weighted by Crippen LogP contribution is -2.47. The van der Waals surface area contributed by atoms with Gasteiger partial charge in [0.1, 0.15) is 5.02 Å². The number of methoxy groups -OCH3 is 1. The molecule has 0 spiro atoms. The fourth-order valence-electron chi connectivity index (χ4n) is 3.94. The molecule has 0 unspecified atom stereocenters. The van der Waals surface area contributed by atoms with Gasteiger partial charge in [-0.25, -0.2) is 0 Å². The van der Waals surface area contributed by atoms with Gasteiger partial charge in [0.15, 0.2) is 5.75 Å². The highest BCUT2D eigenvalue weighted by molar-refractivity contribution is 6.35. The first-order valence-corrected chi connectivity index (χ1v) is 10.9. The molecule has 0 aromatic heterocycles. The van der Waals surface area contributed by atoms with Crippen LogP contribution in [0.1, 0.15) is 36.0 Å². The Kier molecular flexibility index (Phi) is 8.18. The van der Waals surface area contributed by atoms with Gasteiger partial charge >= 0.3 is 0 Å². The lowest BCUT2D eigenvalue weighted by atomic mass is 10.1. The first-order valence-electron chi connectivity index (χ1n) is 10.5. The van der Waals surface area contributed by atoms with Crippen LogP contribution in [0.5, 0.6) is 5.75 Å². The molecule has 3 rings (SSSR count). The van der Waals surface area contributed by atoms with E-state index in [0.29, 0.717) is 30.8 Å². The number of anilines is 1. The third-order valence-electron chi connectivity index (χ3n) is 5.61. The minimum absolute atomic E-state index is 0.104. The maximum Gasteiger partial charge on any atom is 0.255 e. The second-order valence-corrected chi connectivity index (χ2v) is 8.12. The number of nitrogens with two attached hydrogens (primary N) is 1. The summed E-state index contributed by atoms with van der Waals surface area (Å²) >= 11 is 6.13. The monoisotopic (exact) mass is 438 g/mol. The van der Waals surface area contributed by atoms with Crippen LogP contribution in [0.2, 0.25) is 5.02 Å². The average Bonchev–Trinajstić information content (AvgIpc) is 3.29. The number of morpholine rings is 1. The molecule has 0 saturated carbocycles. The molecule has 8 nitrogen and oxygen atoms in total. The predicted octanol–water partition coefficient (Wildman–Crippen LogP) is 1.76. The number of carbonyl (C=O) groups is 2. The van der Waals surface area contributed by atoms with Crippen molar-refractivity contribution in [2.45, 2.75) is 31.8 Å². The Bertz CT molecular complexity index is 755. The Labute approximate surface area is 182 Å². The first kappa shape index (κ1) is 22.7. The van der Waals surface area contributed by atoms with E-state index in [2.05, 4.69) is 10.2 Å². The molecule has 2 fully saturated rings. The van der Waals surface area contributed by atoms with E-state index >= 15 is 0 Å². The molecule has 1 aromatic rings. The van der Waals surface area contributed by atoms with Crippen molar-refractivity contribution in [1.82, 2.24) is 15.1 Å². The van der Waals surface area contributed by atoms with E-state index in [-0.39, 0.29) is 28.7 Å². The van der Waals surface area contributed by atoms with E-state index in [1.165, 1.54) is 7.11 Å². The molecule has 0 bridgehead atoms. The minimum atomic E-state index is -0.286. The number of rotatable bonds is 8. The number of ether oxygens (including phenoxy) is 2. The summed E-state index contributed by atoms with van der Waals surface area (Å²) in [4.78, 5) is 29.0. The average molecular weight is 439 g/mol. The third-order valence-corrected chi connectivity index (χ3v) is 6.00. The number of benzene rings is 1. The number of nitrogen functional groups attached to an aromatic ring is 1. The zero-order chi connectivity index (χ0) is 21.5. The Balaban J connectivity index is 1.43. The van der Waals surface area contributed by atoms with Gasteiger partial charge in [-0.05, 0) is 37.9 Å². The van der Waals surface area contributed by atoms with E-state index in [1.807, 2.05) is 4.90 Å². The van der Waals surface area contributed by atoms with Crippen LogP contribution < -0.4 is 15.8 Å². The maximum absolute atomic E-state index is 12.6. The van der Waals surface area contributed by atoms with E-state index in [0.717, 1.165) is 52.0 Å². The van der Waals surface area contributed by atoms with Gasteiger partial charge in [-0.15, -0.1) is 0 Å². The molecule has 30 heavy (non-hydrogen) atoms. The van der Waals surface area contributed by atoms with E-state index < -0.39 is 0 Å². The second kappa shape index (κ2) is 10.8. The molecule has 0 aliphatic carbocycles. The Morgan fingerprint density at radius 3 is 2.80 bits per heavy atom. The fraction of sp³-hybridized carbons (Fsp3) is 0.619. The highest BCUT2D eigenvalue weighted by Crippen LogP contribution is 2.33. The van der Waals surface area contributed by atoms with Gasteiger partial charge in [-0.2, -0.15) is 0 Å². The van der Waals surface area contributed by atoms with E-state index in [1.54, 1.807) is 12.1 Å². The highest BCUT2D eigenvalue weighted by Gasteiger charge is 2.23. The maximum atomic E-state index is 12.6. The number of hydrogen-bond donors (Lipinski definition) is 2. The summed E-state index contributed by atoms with van der Waals surface area (Å²) < 4.78 is 11.0. The van der Waals surface area contributed by atoms with Crippen LogP contribution in [0, 0.1) is 0 Å². The van der Waals surface area contributed by atoms with Gasteiger partial charge in [0.25, 0.3) is 5.91 Å². The van der Waals surface area contributed by atoms with Crippen molar-refractivity contribution < 1.29 is 19.1 Å². The molecular formula is C21H31ClN4O4. The molecule has 0 radical (unpaired) electrons. The first-order chi connectivity index (χ1) is 14.5. The molecule has 9 heteroatoms. The van der Waals surface area contributed by atoms with E-state index in [4.69, 9.17) is 26.8 Å². The molecule has 1 atom stereocenters. The van der Waals surface area contributed by atoms with Crippen molar-refractivity contribution in [1.29, 1.82) is 0 Å². The molecule has 2 heterocycles. The van der Waals surface area contributed by atoms with Gasteiger partial charge in [-0.1, -0.05) is 11.6 Å². The minimum Gasteiger partial charge on any atom is -0.494 e. The van der Waals surface area contributed by atoms with Gasteiger partial charge < -0.3 is 25.4 Å². The Hall–Kier alpha value is -2.03. The van der Waals surface area contributed by atoms with Crippen molar-refractivity contribution in [2.24, 2.45) is 0 Å². The van der Waals surface area contributed by atoms with Crippen molar-refractivity contribution in [3.05, 3.63) is 22.7 Å². The second-order valence-electron chi connectivity index (χ2n) is 7.74. The standard InChI is InChI=1S/C21H31ClN4O4/c1-29-20-16(6-7-17(23)19(20)22)21(28)24-13-15-14-25(11-12-30-15)8-4-5-18(27)26-9-2-3-10-26/h6-7,15H,2-5,8-14,23H2,1H3,(H,24,28)/t15-/m0/s1. The topological polar surface area (TPSA) is 97.1 Å². The highest BCUT2D eigenvalue weighted by atomic mass is 35.5. The number of likely N-dealkylation sites (tertiary alicyclic amines) is 1. The van der Waals surface area contributed by atoms with Crippen LogP contribution in [0.25, 0.3) is 0 Å². The molecule has 3 N–H and O–H groups in total. The summed E-state index contributed by atoms with van der Waals surface area (Å²) in [5, 5.41) is 3.12. The predicted molar refractivity (Wildman–Crippen MR) is 116 cm³/mol. The van der Waals surface area contributed by atoms with Crippen molar-refractivity contribution in [2.75, 3.05) is 58.7 Å². The molecule has 2 aliphatic rings. The van der Waals surface area contributed by atoms with Crippen LogP contribution in [0.3, 0.4) is 0 Å². The SMILES string of the molecule is COc1c(C(=O)NC[C@H]2CN(CCCC(=O)N3CCCC3)CCO2)ccc(N)c1Cl. The zero-order valence-electron chi connectivity index (χ0n) is 17.5. The number of carbonyl (C=O) groups excluding carboxylic acids is 2. The summed E-state index contributed by atoms with van der Waals surface area (Å²) in [6, 6.07) is 3.18. The molecule has 2 amide bonds. The van der Waals surface area contributed by atoms with Gasteiger partial charge in [0, 0.05) is 39.1 Å². The lowest BCUT2D eigenvalue weighted by Gasteiger charge is -2.33. The normalized spacial score (nSPS) is 19.7. The van der Waals surface area contributed by atoms with Crippen molar-refractivity contribution in [3.63, 3.8) is 0 Å². The summed E-state index contributed by atoms with van der Waals surface area (Å²) in [7, 11) is 1.45. The summed E-state index contributed by atoms with van der Waals surface area (Å²) in [5.74, 6) is 0.245. The number of nitrogens with zero attached hydrogens (tertiary/aromatic N) is 2. The summed E-state index contributed by atoms with van der Waals surface area (Å²) in [6.45, 7) is 5.21. The lowest BCUT2D eigenvalue weighted by molar-refractivity contribution is -0.130. The summed E-state index contributed by atoms with van der Waals surface area (Å²) in [5.41, 5.74) is 6.47. The Morgan fingerprint density at radius 2 is 2.07 bits per heavy atom. The molecule has 2 aliphatic heterocycles. The van der Waals surface area contributed by atoms with Gasteiger partial charge in [0.2, 0.25) is 5.91 Å². The number of nitrogens with one attached hydrogen (secondary N) is 1. The van der Waals surface area contributed by atoms with Crippen molar-refractivity contribution in [3.8, 4) is 5.75 Å². The van der Waals surface area contributed by atoms with Crippen LogP contribution in [0.4, 0.5) is 5.69 Å². The third kappa shape index (κ3) is 5.77. The number of halogens is 1. The van der Waals surface area contributed by atoms with E-state index in [9.17, 15) is 9.59 Å². The fourth-order valence-corrected chi connectivity index (χ4v) is 4.18. The van der Waals surface area contributed by atoms with Crippen LogP contribution in [0.15, 0.2) is 12.1 Å². The van der Waals surface area contributed by atoms with Gasteiger partial charge in [0.05, 0.1) is 31.1 Å². The number of hydrogen-bond acceptors (Lipinski definition) is 6. The largest absolute Gasteiger partial charge is 0.494 e. The smallest absolute Gasteiger partial charge is 0.255 e. The summed E-state index contributed by atoms with van der Waals surface area (Å²) in [6.07, 6.45) is 3.58. The molecule has 1 aromatic carbocycles. The molecule has 2 saturated heterocycles. The molecular weight excluding hydrogens is 408 g/mol. The quantitative estimate of drug-likeness (QED) is 0.600. The molecule has 166 valence electrons. The van der Waals surface area contributed by atoms with Gasteiger partial charge in [-0.3, -0.25) is 14.5 Å². The number of amides is 2. The van der Waals surface area contributed by atoms with Crippen LogP contribution in [-0.4, -0.2) is 80.7 Å².